The predicted molar refractivity (Wildman–Crippen MR) is 72.5 cm³/mol. The fraction of sp³-hybridized carbons (Fsp3) is 0.538. The fourth-order valence-electron chi connectivity index (χ4n) is 2.47. The van der Waals surface area contributed by atoms with Crippen molar-refractivity contribution >= 4 is 11.6 Å². The maximum Gasteiger partial charge on any atom is 0.255 e. The molecule has 1 aliphatic carbocycles. The number of rotatable bonds is 4. The Hall–Kier alpha value is -1.66. The van der Waals surface area contributed by atoms with Crippen molar-refractivity contribution in [1.29, 1.82) is 0 Å². The number of carbonyl (C=O) groups excluding carboxylic acids is 1. The number of nitrogens with two attached hydrogens (primary N) is 1. The SMILES string of the molecule is COC1CC(NC(=O)c2cnccc2NN)C1(C)C. The van der Waals surface area contributed by atoms with E-state index in [1.54, 1.807) is 19.4 Å². The molecular formula is C13H20N4O2. The van der Waals surface area contributed by atoms with Crippen LogP contribution in [0.1, 0.15) is 30.6 Å². The molecule has 19 heavy (non-hydrogen) atoms. The van der Waals surface area contributed by atoms with E-state index < -0.39 is 0 Å². The van der Waals surface area contributed by atoms with Crippen molar-refractivity contribution in [2.24, 2.45) is 11.3 Å². The van der Waals surface area contributed by atoms with Gasteiger partial charge in [-0.1, -0.05) is 13.8 Å². The zero-order valence-corrected chi connectivity index (χ0v) is 11.4. The molecule has 1 aromatic heterocycles. The Labute approximate surface area is 112 Å². The molecule has 1 fully saturated rings. The van der Waals surface area contributed by atoms with Gasteiger partial charge in [0.1, 0.15) is 0 Å². The number of nitrogens with one attached hydrogen (secondary N) is 2. The van der Waals surface area contributed by atoms with Crippen molar-refractivity contribution in [1.82, 2.24) is 10.3 Å². The van der Waals surface area contributed by atoms with E-state index in [4.69, 9.17) is 10.6 Å². The van der Waals surface area contributed by atoms with Crippen molar-refractivity contribution in [3.63, 3.8) is 0 Å². The number of hydrazine groups is 1. The summed E-state index contributed by atoms with van der Waals surface area (Å²) < 4.78 is 5.37. The van der Waals surface area contributed by atoms with Gasteiger partial charge in [0.2, 0.25) is 0 Å². The zero-order valence-electron chi connectivity index (χ0n) is 11.4. The van der Waals surface area contributed by atoms with Gasteiger partial charge in [-0.2, -0.15) is 0 Å². The first-order valence-electron chi connectivity index (χ1n) is 6.25. The molecule has 2 rings (SSSR count). The molecular weight excluding hydrogens is 244 g/mol. The lowest BCUT2D eigenvalue weighted by molar-refractivity contribution is -0.0942. The Morgan fingerprint density at radius 1 is 1.58 bits per heavy atom. The summed E-state index contributed by atoms with van der Waals surface area (Å²) >= 11 is 0. The second-order valence-corrected chi connectivity index (χ2v) is 5.37. The molecule has 6 nitrogen and oxygen atoms in total. The number of amides is 1. The Bertz CT molecular complexity index is 475. The highest BCUT2D eigenvalue weighted by Gasteiger charge is 2.49. The van der Waals surface area contributed by atoms with Gasteiger partial charge in [-0.05, 0) is 12.5 Å². The molecule has 104 valence electrons. The van der Waals surface area contributed by atoms with Crippen LogP contribution in [0.25, 0.3) is 0 Å². The molecule has 4 N–H and O–H groups in total. The summed E-state index contributed by atoms with van der Waals surface area (Å²) in [5.41, 5.74) is 3.44. The molecule has 2 atom stereocenters. The van der Waals surface area contributed by atoms with Crippen molar-refractivity contribution in [3.8, 4) is 0 Å². The largest absolute Gasteiger partial charge is 0.381 e. The summed E-state index contributed by atoms with van der Waals surface area (Å²) in [4.78, 5) is 16.2. The topological polar surface area (TPSA) is 89.3 Å². The molecule has 0 spiro atoms. The molecule has 0 radical (unpaired) electrons. The summed E-state index contributed by atoms with van der Waals surface area (Å²) in [6.07, 6.45) is 4.09. The Kier molecular flexibility index (Phi) is 3.73. The first-order chi connectivity index (χ1) is 9.00. The van der Waals surface area contributed by atoms with Crippen LogP contribution in [0.15, 0.2) is 18.5 Å². The third kappa shape index (κ3) is 2.41. The highest BCUT2D eigenvalue weighted by atomic mass is 16.5. The average Bonchev–Trinajstić information content (AvgIpc) is 2.42. The number of hydrogen-bond acceptors (Lipinski definition) is 5. The van der Waals surface area contributed by atoms with Crippen molar-refractivity contribution in [2.75, 3.05) is 12.5 Å². The van der Waals surface area contributed by atoms with Crippen LogP contribution >= 0.6 is 0 Å². The number of aromatic nitrogens is 1. The monoisotopic (exact) mass is 264 g/mol. The lowest BCUT2D eigenvalue weighted by atomic mass is 9.64. The Balaban J connectivity index is 2.07. The van der Waals surface area contributed by atoms with Crippen LogP contribution in [0.5, 0.6) is 0 Å². The molecule has 6 heteroatoms. The minimum Gasteiger partial charge on any atom is -0.381 e. The number of hydrogen-bond donors (Lipinski definition) is 3. The van der Waals surface area contributed by atoms with E-state index in [2.05, 4.69) is 29.6 Å². The van der Waals surface area contributed by atoms with E-state index in [-0.39, 0.29) is 23.5 Å². The summed E-state index contributed by atoms with van der Waals surface area (Å²) in [5, 5.41) is 3.01. The second-order valence-electron chi connectivity index (χ2n) is 5.37. The van der Waals surface area contributed by atoms with E-state index in [9.17, 15) is 4.79 Å². The number of ether oxygens (including phenoxy) is 1. The van der Waals surface area contributed by atoms with Gasteiger partial charge < -0.3 is 15.5 Å². The summed E-state index contributed by atoms with van der Waals surface area (Å²) in [6, 6.07) is 1.76. The molecule has 0 aliphatic heterocycles. The first-order valence-corrected chi connectivity index (χ1v) is 6.25. The molecule has 0 aromatic carbocycles. The Morgan fingerprint density at radius 3 is 2.89 bits per heavy atom. The van der Waals surface area contributed by atoms with Gasteiger partial charge in [0.05, 0.1) is 17.4 Å². The predicted octanol–water partition coefficient (Wildman–Crippen LogP) is 0.910. The number of nitrogen functional groups attached to an aromatic ring is 1. The third-order valence-electron chi connectivity index (χ3n) is 3.99. The lowest BCUT2D eigenvalue weighted by Gasteiger charge is -2.51. The van der Waals surface area contributed by atoms with Crippen LogP contribution in [-0.4, -0.2) is 30.1 Å². The Morgan fingerprint density at radius 2 is 2.32 bits per heavy atom. The van der Waals surface area contributed by atoms with Crippen LogP contribution < -0.4 is 16.6 Å². The van der Waals surface area contributed by atoms with Crippen molar-refractivity contribution < 1.29 is 9.53 Å². The standard InChI is InChI=1S/C13H20N4O2/c1-13(2)10(6-11(13)19-3)16-12(18)8-7-15-5-4-9(8)17-14/h4-5,7,10-11H,6,14H2,1-3H3,(H,15,17)(H,16,18). The van der Waals surface area contributed by atoms with E-state index in [1.165, 1.54) is 6.20 Å². The smallest absolute Gasteiger partial charge is 0.255 e. The minimum atomic E-state index is -0.173. The van der Waals surface area contributed by atoms with Gasteiger partial charge in [-0.15, -0.1) is 0 Å². The molecule has 1 saturated carbocycles. The number of carbonyl (C=O) groups is 1. The molecule has 0 bridgehead atoms. The quantitative estimate of drug-likeness (QED) is 0.555. The number of methoxy groups -OCH3 is 1. The van der Waals surface area contributed by atoms with E-state index in [0.717, 1.165) is 6.42 Å². The average molecular weight is 264 g/mol. The first kappa shape index (κ1) is 13.8. The molecule has 2 unspecified atom stereocenters. The normalized spacial score (nSPS) is 24.4. The van der Waals surface area contributed by atoms with Gasteiger partial charge in [-0.25, -0.2) is 0 Å². The van der Waals surface area contributed by atoms with E-state index >= 15 is 0 Å². The van der Waals surface area contributed by atoms with Crippen LogP contribution in [0.2, 0.25) is 0 Å². The van der Waals surface area contributed by atoms with Gasteiger partial charge in [0.15, 0.2) is 0 Å². The van der Waals surface area contributed by atoms with Gasteiger partial charge in [-0.3, -0.25) is 15.6 Å². The van der Waals surface area contributed by atoms with Crippen LogP contribution in [-0.2, 0) is 4.74 Å². The number of nitrogens with zero attached hydrogens (tertiary/aromatic N) is 1. The molecule has 1 aliphatic rings. The summed E-state index contributed by atoms with van der Waals surface area (Å²) in [6.45, 7) is 4.17. The maximum atomic E-state index is 12.2. The number of anilines is 1. The maximum absolute atomic E-state index is 12.2. The van der Waals surface area contributed by atoms with E-state index in [1.807, 2.05) is 0 Å². The summed E-state index contributed by atoms with van der Waals surface area (Å²) in [7, 11) is 1.70. The van der Waals surface area contributed by atoms with Crippen LogP contribution in [0.4, 0.5) is 5.69 Å². The van der Waals surface area contributed by atoms with Crippen LogP contribution in [0.3, 0.4) is 0 Å². The van der Waals surface area contributed by atoms with Gasteiger partial charge in [0, 0.05) is 31.0 Å². The number of pyridine rings is 1. The summed E-state index contributed by atoms with van der Waals surface area (Å²) in [5.74, 6) is 5.21. The van der Waals surface area contributed by atoms with Gasteiger partial charge in [0.25, 0.3) is 5.91 Å². The fourth-order valence-corrected chi connectivity index (χ4v) is 2.47. The molecule has 1 heterocycles. The van der Waals surface area contributed by atoms with Gasteiger partial charge >= 0.3 is 0 Å². The second kappa shape index (κ2) is 5.14. The third-order valence-corrected chi connectivity index (χ3v) is 3.99. The minimum absolute atomic E-state index is 0.0665. The van der Waals surface area contributed by atoms with Crippen LogP contribution in [0, 0.1) is 5.41 Å². The highest BCUT2D eigenvalue weighted by Crippen LogP contribution is 2.42. The molecule has 1 amide bonds. The lowest BCUT2D eigenvalue weighted by Crippen LogP contribution is -2.61. The highest BCUT2D eigenvalue weighted by molar-refractivity contribution is 5.99. The van der Waals surface area contributed by atoms with Crippen molar-refractivity contribution in [3.05, 3.63) is 24.0 Å². The zero-order chi connectivity index (χ0) is 14.0. The molecule has 1 aromatic rings. The van der Waals surface area contributed by atoms with Crippen molar-refractivity contribution in [2.45, 2.75) is 32.4 Å². The van der Waals surface area contributed by atoms with E-state index in [0.29, 0.717) is 11.3 Å². The molecule has 0 saturated heterocycles.